The Balaban J connectivity index is 1.91. The number of nitrogens with one attached hydrogen (secondary N) is 2. The monoisotopic (exact) mass is 316 g/mol. The Labute approximate surface area is 121 Å². The first-order valence-electron chi connectivity index (χ1n) is 5.93. The summed E-state index contributed by atoms with van der Waals surface area (Å²) in [5.74, 6) is -1.79. The maximum absolute atomic E-state index is 11.7. The Morgan fingerprint density at radius 2 is 2.00 bits per heavy atom. The normalized spacial score (nSPS) is 20.4. The zero-order chi connectivity index (χ0) is 14.8. The van der Waals surface area contributed by atoms with Crippen LogP contribution in [0.25, 0.3) is 0 Å². The minimum Gasteiger partial charge on any atom is -0.344 e. The standard InChI is InChI=1S/C12H13ClN2O4S/c13-8-2-1-3-9(6-8)14-11(16)12(17)15-10-4-5-20(18,19)7-10/h1-3,6,10H,4-5,7H2,(H,14,16)(H,15,17). The van der Waals surface area contributed by atoms with Gasteiger partial charge in [-0.05, 0) is 24.6 Å². The van der Waals surface area contributed by atoms with Gasteiger partial charge in [0.05, 0.1) is 11.5 Å². The maximum Gasteiger partial charge on any atom is 0.313 e. The average Bonchev–Trinajstić information content (AvgIpc) is 2.68. The van der Waals surface area contributed by atoms with Crippen LogP contribution in [-0.4, -0.2) is 37.8 Å². The van der Waals surface area contributed by atoms with Gasteiger partial charge in [0.1, 0.15) is 0 Å². The van der Waals surface area contributed by atoms with Crippen LogP contribution >= 0.6 is 11.6 Å². The fourth-order valence-corrected chi connectivity index (χ4v) is 3.78. The molecule has 6 nitrogen and oxygen atoms in total. The number of anilines is 1. The summed E-state index contributed by atoms with van der Waals surface area (Å²) >= 11 is 5.76. The van der Waals surface area contributed by atoms with Crippen LogP contribution in [0.1, 0.15) is 6.42 Å². The highest BCUT2D eigenvalue weighted by atomic mass is 35.5. The molecule has 2 N–H and O–H groups in total. The summed E-state index contributed by atoms with van der Waals surface area (Å²) in [7, 11) is -3.10. The van der Waals surface area contributed by atoms with Gasteiger partial charge >= 0.3 is 11.8 Å². The van der Waals surface area contributed by atoms with E-state index in [-0.39, 0.29) is 11.5 Å². The molecule has 1 aromatic rings. The molecule has 1 aromatic carbocycles. The van der Waals surface area contributed by atoms with Gasteiger partial charge in [0.2, 0.25) is 0 Å². The summed E-state index contributed by atoms with van der Waals surface area (Å²) in [5, 5.41) is 5.23. The Bertz CT molecular complexity index is 645. The number of hydrogen-bond acceptors (Lipinski definition) is 4. The van der Waals surface area contributed by atoms with Gasteiger partial charge in [-0.1, -0.05) is 17.7 Å². The van der Waals surface area contributed by atoms with E-state index in [4.69, 9.17) is 11.6 Å². The average molecular weight is 317 g/mol. The molecule has 1 atom stereocenters. The molecular formula is C12H13ClN2O4S. The van der Waals surface area contributed by atoms with Crippen molar-refractivity contribution >= 4 is 38.9 Å². The molecule has 1 heterocycles. The lowest BCUT2D eigenvalue weighted by atomic mass is 10.2. The van der Waals surface area contributed by atoms with Crippen molar-refractivity contribution in [2.75, 3.05) is 16.8 Å². The number of sulfone groups is 1. The molecule has 1 aliphatic heterocycles. The van der Waals surface area contributed by atoms with E-state index in [1.807, 2.05) is 0 Å². The van der Waals surface area contributed by atoms with E-state index in [0.717, 1.165) is 0 Å². The number of carbonyl (C=O) groups is 2. The third-order valence-electron chi connectivity index (χ3n) is 2.86. The van der Waals surface area contributed by atoms with E-state index in [1.54, 1.807) is 18.2 Å². The van der Waals surface area contributed by atoms with Gasteiger partial charge in [-0.2, -0.15) is 0 Å². The Morgan fingerprint density at radius 1 is 1.25 bits per heavy atom. The van der Waals surface area contributed by atoms with Crippen LogP contribution in [0.5, 0.6) is 0 Å². The second kappa shape index (κ2) is 5.80. The van der Waals surface area contributed by atoms with Gasteiger partial charge in [-0.3, -0.25) is 9.59 Å². The predicted molar refractivity (Wildman–Crippen MR) is 75.3 cm³/mol. The Hall–Kier alpha value is -1.60. The van der Waals surface area contributed by atoms with Crippen molar-refractivity contribution in [3.05, 3.63) is 29.3 Å². The zero-order valence-corrected chi connectivity index (χ0v) is 12.0. The van der Waals surface area contributed by atoms with Crippen LogP contribution in [0.15, 0.2) is 24.3 Å². The second-order valence-electron chi connectivity index (χ2n) is 4.54. The number of rotatable bonds is 2. The first-order chi connectivity index (χ1) is 9.35. The second-order valence-corrected chi connectivity index (χ2v) is 7.20. The van der Waals surface area contributed by atoms with Crippen LogP contribution in [0.4, 0.5) is 5.69 Å². The van der Waals surface area contributed by atoms with Gasteiger partial charge in [-0.15, -0.1) is 0 Å². The summed E-state index contributed by atoms with van der Waals surface area (Å²) in [6.45, 7) is 0. The first-order valence-corrected chi connectivity index (χ1v) is 8.13. The Morgan fingerprint density at radius 3 is 2.60 bits per heavy atom. The highest BCUT2D eigenvalue weighted by molar-refractivity contribution is 7.91. The highest BCUT2D eigenvalue weighted by Gasteiger charge is 2.30. The molecule has 1 unspecified atom stereocenters. The lowest BCUT2D eigenvalue weighted by Gasteiger charge is -2.10. The number of benzene rings is 1. The third kappa shape index (κ3) is 3.94. The minimum atomic E-state index is -3.10. The van der Waals surface area contributed by atoms with Crippen molar-refractivity contribution < 1.29 is 18.0 Å². The largest absolute Gasteiger partial charge is 0.344 e. The number of halogens is 1. The van der Waals surface area contributed by atoms with E-state index >= 15 is 0 Å². The van der Waals surface area contributed by atoms with E-state index in [0.29, 0.717) is 17.1 Å². The topological polar surface area (TPSA) is 92.3 Å². The summed E-state index contributed by atoms with van der Waals surface area (Å²) in [6, 6.07) is 5.88. The molecule has 108 valence electrons. The minimum absolute atomic E-state index is 0.0356. The SMILES string of the molecule is O=C(Nc1cccc(Cl)c1)C(=O)NC1CCS(=O)(=O)C1. The predicted octanol–water partition coefficient (Wildman–Crippen LogP) is 0.582. The smallest absolute Gasteiger partial charge is 0.313 e. The molecular weight excluding hydrogens is 304 g/mol. The molecule has 20 heavy (non-hydrogen) atoms. The van der Waals surface area contributed by atoms with E-state index in [9.17, 15) is 18.0 Å². The van der Waals surface area contributed by atoms with Gasteiger partial charge in [0.25, 0.3) is 0 Å². The quantitative estimate of drug-likeness (QED) is 0.781. The molecule has 0 radical (unpaired) electrons. The van der Waals surface area contributed by atoms with E-state index in [1.165, 1.54) is 6.07 Å². The molecule has 0 spiro atoms. The first kappa shape index (κ1) is 14.8. The van der Waals surface area contributed by atoms with E-state index in [2.05, 4.69) is 10.6 Å². The van der Waals surface area contributed by atoms with Crippen LogP contribution in [0, 0.1) is 0 Å². The zero-order valence-electron chi connectivity index (χ0n) is 10.4. The van der Waals surface area contributed by atoms with Crippen molar-refractivity contribution in [2.24, 2.45) is 0 Å². The van der Waals surface area contributed by atoms with Crippen molar-refractivity contribution in [2.45, 2.75) is 12.5 Å². The van der Waals surface area contributed by atoms with Crippen molar-refractivity contribution in [3.63, 3.8) is 0 Å². The van der Waals surface area contributed by atoms with Crippen molar-refractivity contribution in [1.82, 2.24) is 5.32 Å². The van der Waals surface area contributed by atoms with E-state index < -0.39 is 27.7 Å². The molecule has 8 heteroatoms. The molecule has 1 aliphatic rings. The van der Waals surface area contributed by atoms with Gasteiger partial charge in [-0.25, -0.2) is 8.42 Å². The lowest BCUT2D eigenvalue weighted by Crippen LogP contribution is -2.42. The number of hydrogen-bond donors (Lipinski definition) is 2. The van der Waals surface area contributed by atoms with Crippen LogP contribution in [0.3, 0.4) is 0 Å². The summed E-state index contributed by atoms with van der Waals surface area (Å²) in [5.41, 5.74) is 0.400. The molecule has 0 bridgehead atoms. The Kier molecular flexibility index (Phi) is 4.29. The molecule has 2 amide bonds. The summed E-state index contributed by atoms with van der Waals surface area (Å²) < 4.78 is 22.5. The van der Waals surface area contributed by atoms with Crippen molar-refractivity contribution in [3.8, 4) is 0 Å². The highest BCUT2D eigenvalue weighted by Crippen LogP contribution is 2.15. The van der Waals surface area contributed by atoms with Gasteiger partial charge in [0, 0.05) is 16.8 Å². The fourth-order valence-electron chi connectivity index (χ4n) is 1.91. The molecule has 1 fully saturated rings. The summed E-state index contributed by atoms with van der Waals surface area (Å²) in [6.07, 6.45) is 0.332. The lowest BCUT2D eigenvalue weighted by molar-refractivity contribution is -0.136. The molecule has 0 aromatic heterocycles. The fraction of sp³-hybridized carbons (Fsp3) is 0.333. The molecule has 0 aliphatic carbocycles. The van der Waals surface area contributed by atoms with Crippen molar-refractivity contribution in [1.29, 1.82) is 0 Å². The number of carbonyl (C=O) groups excluding carboxylic acids is 2. The van der Waals surface area contributed by atoms with Crippen LogP contribution < -0.4 is 10.6 Å². The summed E-state index contributed by atoms with van der Waals surface area (Å²) in [4.78, 5) is 23.3. The molecule has 0 saturated carbocycles. The maximum atomic E-state index is 11.7. The molecule has 2 rings (SSSR count). The van der Waals surface area contributed by atoms with Crippen LogP contribution in [-0.2, 0) is 19.4 Å². The molecule has 1 saturated heterocycles. The van der Waals surface area contributed by atoms with Gasteiger partial charge < -0.3 is 10.6 Å². The van der Waals surface area contributed by atoms with Crippen LogP contribution in [0.2, 0.25) is 5.02 Å². The van der Waals surface area contributed by atoms with Gasteiger partial charge in [0.15, 0.2) is 9.84 Å². The third-order valence-corrected chi connectivity index (χ3v) is 4.86. The number of amides is 2.